The summed E-state index contributed by atoms with van der Waals surface area (Å²) in [5, 5.41) is 9.80. The SMILES string of the molecule is CC(COO)[C@@H](C)C(=O)NN(C)C. The lowest BCUT2D eigenvalue weighted by atomic mass is 9.96. The van der Waals surface area contributed by atoms with Gasteiger partial charge in [-0.15, -0.1) is 0 Å². The maximum absolute atomic E-state index is 11.4. The van der Waals surface area contributed by atoms with Crippen molar-refractivity contribution < 1.29 is 14.9 Å². The highest BCUT2D eigenvalue weighted by molar-refractivity contribution is 5.77. The lowest BCUT2D eigenvalue weighted by molar-refractivity contribution is -0.252. The summed E-state index contributed by atoms with van der Waals surface area (Å²) >= 11 is 0. The van der Waals surface area contributed by atoms with E-state index >= 15 is 0 Å². The van der Waals surface area contributed by atoms with Crippen LogP contribution >= 0.6 is 0 Å². The maximum atomic E-state index is 11.4. The first-order valence-corrected chi connectivity index (χ1v) is 4.23. The van der Waals surface area contributed by atoms with Gasteiger partial charge in [0, 0.05) is 20.0 Å². The Labute approximate surface area is 78.6 Å². The van der Waals surface area contributed by atoms with E-state index in [1.54, 1.807) is 26.0 Å². The third-order valence-electron chi connectivity index (χ3n) is 1.94. The van der Waals surface area contributed by atoms with Gasteiger partial charge >= 0.3 is 0 Å². The Balaban J connectivity index is 3.93. The van der Waals surface area contributed by atoms with Crippen LogP contribution in [0.2, 0.25) is 0 Å². The first kappa shape index (κ1) is 12.3. The Kier molecular flexibility index (Phi) is 5.61. The summed E-state index contributed by atoms with van der Waals surface area (Å²) < 4.78 is 0. The van der Waals surface area contributed by atoms with E-state index in [1.165, 1.54) is 0 Å². The van der Waals surface area contributed by atoms with Crippen LogP contribution in [0.5, 0.6) is 0 Å². The first-order chi connectivity index (χ1) is 5.99. The topological polar surface area (TPSA) is 61.8 Å². The van der Waals surface area contributed by atoms with Gasteiger partial charge in [0.25, 0.3) is 0 Å². The van der Waals surface area contributed by atoms with Crippen molar-refractivity contribution in [3.63, 3.8) is 0 Å². The van der Waals surface area contributed by atoms with E-state index in [0.717, 1.165) is 0 Å². The second-order valence-electron chi connectivity index (χ2n) is 3.43. The van der Waals surface area contributed by atoms with Crippen LogP contribution in [-0.4, -0.2) is 36.9 Å². The van der Waals surface area contributed by atoms with Crippen LogP contribution in [0.15, 0.2) is 0 Å². The molecule has 0 bridgehead atoms. The normalized spacial score (nSPS) is 15.5. The fourth-order valence-electron chi connectivity index (χ4n) is 0.843. The molecule has 0 spiro atoms. The monoisotopic (exact) mass is 190 g/mol. The smallest absolute Gasteiger partial charge is 0.237 e. The van der Waals surface area contributed by atoms with Crippen molar-refractivity contribution in [3.05, 3.63) is 0 Å². The first-order valence-electron chi connectivity index (χ1n) is 4.23. The largest absolute Gasteiger partial charge is 0.289 e. The van der Waals surface area contributed by atoms with Crippen LogP contribution in [0.1, 0.15) is 13.8 Å². The molecule has 0 rings (SSSR count). The zero-order chi connectivity index (χ0) is 10.4. The molecule has 0 aliphatic rings. The van der Waals surface area contributed by atoms with E-state index in [1.807, 2.05) is 6.92 Å². The minimum atomic E-state index is -0.186. The van der Waals surface area contributed by atoms with Crippen LogP contribution in [0.3, 0.4) is 0 Å². The fraction of sp³-hybridized carbons (Fsp3) is 0.875. The van der Waals surface area contributed by atoms with E-state index in [9.17, 15) is 4.79 Å². The van der Waals surface area contributed by atoms with Crippen molar-refractivity contribution in [1.29, 1.82) is 0 Å². The van der Waals surface area contributed by atoms with Crippen molar-refractivity contribution in [2.75, 3.05) is 20.7 Å². The summed E-state index contributed by atoms with van der Waals surface area (Å²) in [6.07, 6.45) is 0. The van der Waals surface area contributed by atoms with Crippen molar-refractivity contribution in [2.24, 2.45) is 11.8 Å². The summed E-state index contributed by atoms with van der Waals surface area (Å²) in [4.78, 5) is 15.4. The summed E-state index contributed by atoms with van der Waals surface area (Å²) in [6, 6.07) is 0. The highest BCUT2D eigenvalue weighted by Crippen LogP contribution is 2.10. The Morgan fingerprint density at radius 2 is 2.08 bits per heavy atom. The van der Waals surface area contributed by atoms with E-state index < -0.39 is 0 Å². The Hall–Kier alpha value is -0.650. The van der Waals surface area contributed by atoms with Crippen LogP contribution < -0.4 is 5.43 Å². The number of carbonyl (C=O) groups excluding carboxylic acids is 1. The summed E-state index contributed by atoms with van der Waals surface area (Å²) in [6.45, 7) is 3.81. The van der Waals surface area contributed by atoms with Crippen molar-refractivity contribution in [1.82, 2.24) is 10.4 Å². The van der Waals surface area contributed by atoms with Gasteiger partial charge in [0.1, 0.15) is 0 Å². The highest BCUT2D eigenvalue weighted by atomic mass is 17.1. The molecule has 0 aliphatic carbocycles. The quantitative estimate of drug-likeness (QED) is 0.485. The number of carbonyl (C=O) groups is 1. The minimum Gasteiger partial charge on any atom is -0.289 e. The highest BCUT2D eigenvalue weighted by Gasteiger charge is 2.20. The molecule has 0 aromatic carbocycles. The molecule has 0 saturated carbocycles. The van der Waals surface area contributed by atoms with Gasteiger partial charge in [0.2, 0.25) is 5.91 Å². The summed E-state index contributed by atoms with van der Waals surface area (Å²) in [7, 11) is 3.50. The molecule has 78 valence electrons. The van der Waals surface area contributed by atoms with Gasteiger partial charge in [-0.25, -0.2) is 9.90 Å². The average Bonchev–Trinajstić information content (AvgIpc) is 2.02. The van der Waals surface area contributed by atoms with Gasteiger partial charge < -0.3 is 0 Å². The number of amides is 1. The minimum absolute atomic E-state index is 0.00931. The van der Waals surface area contributed by atoms with Crippen LogP contribution in [-0.2, 0) is 9.68 Å². The molecule has 0 heterocycles. The van der Waals surface area contributed by atoms with E-state index in [-0.39, 0.29) is 24.3 Å². The van der Waals surface area contributed by atoms with Gasteiger partial charge in [-0.1, -0.05) is 13.8 Å². The van der Waals surface area contributed by atoms with E-state index in [4.69, 9.17) is 5.26 Å². The second-order valence-corrected chi connectivity index (χ2v) is 3.43. The van der Waals surface area contributed by atoms with Crippen molar-refractivity contribution in [3.8, 4) is 0 Å². The van der Waals surface area contributed by atoms with Gasteiger partial charge in [0.05, 0.1) is 6.61 Å². The Morgan fingerprint density at radius 1 is 1.54 bits per heavy atom. The third-order valence-corrected chi connectivity index (χ3v) is 1.94. The zero-order valence-corrected chi connectivity index (χ0v) is 8.57. The number of hydrogen-bond acceptors (Lipinski definition) is 4. The fourth-order valence-corrected chi connectivity index (χ4v) is 0.843. The number of hydrogen-bond donors (Lipinski definition) is 2. The molecular formula is C8H18N2O3. The molecule has 0 saturated heterocycles. The lowest BCUT2D eigenvalue weighted by Crippen LogP contribution is -2.41. The number of nitrogens with zero attached hydrogens (tertiary/aromatic N) is 1. The number of hydrazine groups is 1. The van der Waals surface area contributed by atoms with Gasteiger partial charge in [-0.2, -0.15) is 0 Å². The average molecular weight is 190 g/mol. The molecule has 1 unspecified atom stereocenters. The van der Waals surface area contributed by atoms with Gasteiger partial charge in [0.15, 0.2) is 0 Å². The molecule has 2 atom stereocenters. The Morgan fingerprint density at radius 3 is 2.46 bits per heavy atom. The standard InChI is InChI=1S/C8H18N2O3/c1-6(5-13-12)7(2)8(11)9-10(3)4/h6-7,12H,5H2,1-4H3,(H,9,11)/t6?,7-/m1/s1. The number of nitrogens with one attached hydrogen (secondary N) is 1. The van der Waals surface area contributed by atoms with Crippen LogP contribution in [0.25, 0.3) is 0 Å². The number of rotatable bonds is 5. The van der Waals surface area contributed by atoms with E-state index in [2.05, 4.69) is 10.3 Å². The van der Waals surface area contributed by atoms with Crippen molar-refractivity contribution >= 4 is 5.91 Å². The molecule has 0 aromatic rings. The third kappa shape index (κ3) is 4.82. The summed E-state index contributed by atoms with van der Waals surface area (Å²) in [5.74, 6) is -0.269. The summed E-state index contributed by atoms with van der Waals surface area (Å²) in [5.41, 5.74) is 2.64. The zero-order valence-electron chi connectivity index (χ0n) is 8.57. The molecule has 0 aromatic heterocycles. The molecule has 0 fully saturated rings. The van der Waals surface area contributed by atoms with Crippen LogP contribution in [0, 0.1) is 11.8 Å². The second kappa shape index (κ2) is 5.90. The predicted molar refractivity (Wildman–Crippen MR) is 48.7 cm³/mol. The molecule has 1 amide bonds. The van der Waals surface area contributed by atoms with Crippen LogP contribution in [0.4, 0.5) is 0 Å². The molecule has 13 heavy (non-hydrogen) atoms. The molecule has 2 N–H and O–H groups in total. The van der Waals surface area contributed by atoms with Gasteiger partial charge in [-0.3, -0.25) is 15.5 Å². The Bertz CT molecular complexity index is 161. The molecular weight excluding hydrogens is 172 g/mol. The molecule has 0 radical (unpaired) electrons. The van der Waals surface area contributed by atoms with E-state index in [0.29, 0.717) is 0 Å². The predicted octanol–water partition coefficient (Wildman–Crippen LogP) is 0.341. The maximum Gasteiger partial charge on any atom is 0.237 e. The lowest BCUT2D eigenvalue weighted by Gasteiger charge is -2.20. The van der Waals surface area contributed by atoms with Crippen molar-refractivity contribution in [2.45, 2.75) is 13.8 Å². The van der Waals surface area contributed by atoms with Gasteiger partial charge in [-0.05, 0) is 5.92 Å². The molecule has 5 heteroatoms. The molecule has 0 aliphatic heterocycles. The molecule has 5 nitrogen and oxygen atoms in total.